The van der Waals surface area contributed by atoms with Crippen LogP contribution in [0, 0.1) is 22.0 Å². The molecule has 26 heavy (non-hydrogen) atoms. The minimum absolute atomic E-state index is 0. The third kappa shape index (κ3) is 6.62. The number of hydrogen-bond acceptors (Lipinski definition) is 5. The molecule has 2 saturated carbocycles. The zero-order valence-corrected chi connectivity index (χ0v) is 18.1. The van der Waals surface area contributed by atoms with E-state index in [2.05, 4.69) is 10.1 Å². The van der Waals surface area contributed by atoms with Gasteiger partial charge in [0.05, 0.1) is 7.11 Å². The number of nitro groups is 1. The second-order valence-electron chi connectivity index (χ2n) is 7.34. The maximum absolute atomic E-state index is 12.4. The van der Waals surface area contributed by atoms with Crippen molar-refractivity contribution in [3.63, 3.8) is 0 Å². The van der Waals surface area contributed by atoms with E-state index in [0.717, 1.165) is 38.5 Å². The van der Waals surface area contributed by atoms with Crippen molar-refractivity contribution in [2.45, 2.75) is 75.9 Å². The summed E-state index contributed by atoms with van der Waals surface area (Å²) in [5.74, 6) is -0.488. The van der Waals surface area contributed by atoms with Gasteiger partial charge in [-0.1, -0.05) is 6.42 Å². The Hall–Kier alpha value is -1.01. The maximum Gasteiger partial charge on any atom is 0.287 e. The number of nitrogens with zero attached hydrogens (tertiary/aromatic N) is 1. The number of carbonyl (C=O) groups is 2. The van der Waals surface area contributed by atoms with Crippen molar-refractivity contribution in [3.8, 4) is 0 Å². The van der Waals surface area contributed by atoms with Gasteiger partial charge in [0.15, 0.2) is 0 Å². The van der Waals surface area contributed by atoms with Gasteiger partial charge >= 0.3 is 0 Å². The van der Waals surface area contributed by atoms with Crippen molar-refractivity contribution in [2.75, 3.05) is 7.11 Å². The summed E-state index contributed by atoms with van der Waals surface area (Å²) in [4.78, 5) is 34.4. The van der Waals surface area contributed by atoms with Crippen molar-refractivity contribution < 1.29 is 40.3 Å². The molecule has 0 bridgehead atoms. The largest absolute Gasteiger partial charge is 0.665 e. The molecule has 2 N–H and O–H groups in total. The number of methoxy groups -OCH3 is 1. The molecule has 0 aromatic rings. The Morgan fingerprint density at radius 1 is 1.23 bits per heavy atom. The average molecular weight is 538 g/mol. The fourth-order valence-corrected chi connectivity index (χ4v) is 4.03. The molecule has 0 heterocycles. The molecule has 0 radical (unpaired) electrons. The van der Waals surface area contributed by atoms with Crippen LogP contribution >= 0.6 is 0 Å². The second-order valence-corrected chi connectivity index (χ2v) is 7.34. The van der Waals surface area contributed by atoms with Gasteiger partial charge in [0, 0.05) is 50.8 Å². The first-order chi connectivity index (χ1) is 11.9. The predicted octanol–water partition coefficient (Wildman–Crippen LogP) is 2.48. The average Bonchev–Trinajstić information content (AvgIpc) is 2.62. The smallest absolute Gasteiger partial charge is 0.287 e. The van der Waals surface area contributed by atoms with E-state index < -0.39 is 18.1 Å². The predicted molar refractivity (Wildman–Crippen MR) is 91.4 cm³/mol. The van der Waals surface area contributed by atoms with Gasteiger partial charge in [-0.15, -0.1) is 0 Å². The topological polar surface area (TPSA) is 122 Å². The first-order valence-electron chi connectivity index (χ1n) is 9.13. The Morgan fingerprint density at radius 2 is 1.88 bits per heavy atom. The third-order valence-electron chi connectivity index (χ3n) is 5.56. The van der Waals surface area contributed by atoms with E-state index in [0.29, 0.717) is 25.2 Å². The molecule has 1 amide bonds. The van der Waals surface area contributed by atoms with Gasteiger partial charge in [-0.3, -0.25) is 19.7 Å². The summed E-state index contributed by atoms with van der Waals surface area (Å²) in [5.41, 5.74) is 7.77. The molecule has 2 fully saturated rings. The molecule has 148 valence electrons. The second kappa shape index (κ2) is 11.0. The van der Waals surface area contributed by atoms with Crippen molar-refractivity contribution in [2.24, 2.45) is 11.8 Å². The summed E-state index contributed by atoms with van der Waals surface area (Å²) < 4.78 is 4.59. The Balaban J connectivity index is 0.00000338. The maximum atomic E-state index is 12.4. The van der Waals surface area contributed by atoms with Gasteiger partial charge in [-0.05, 0) is 50.5 Å². The molecule has 0 spiro atoms. The summed E-state index contributed by atoms with van der Waals surface area (Å²) in [6, 6.07) is -1.32. The van der Waals surface area contributed by atoms with E-state index >= 15 is 0 Å². The van der Waals surface area contributed by atoms with Crippen LogP contribution in [0.4, 0.5) is 0 Å². The van der Waals surface area contributed by atoms with Gasteiger partial charge in [0.25, 0.3) is 5.97 Å². The van der Waals surface area contributed by atoms with Gasteiger partial charge in [-0.2, -0.15) is 0 Å². The summed E-state index contributed by atoms with van der Waals surface area (Å²) in [6.07, 6.45) is 6.27. The van der Waals surface area contributed by atoms with E-state index in [1.807, 2.05) is 0 Å². The van der Waals surface area contributed by atoms with Crippen LogP contribution in [0.25, 0.3) is 5.73 Å². The molecular formula is C17H28N3O5W-. The molecule has 3 atom stereocenters. The molecule has 0 saturated heterocycles. The van der Waals surface area contributed by atoms with Crippen molar-refractivity contribution in [1.29, 1.82) is 0 Å². The molecule has 3 unspecified atom stereocenters. The quantitative estimate of drug-likeness (QED) is 0.317. The van der Waals surface area contributed by atoms with E-state index in [-0.39, 0.29) is 43.9 Å². The van der Waals surface area contributed by atoms with Gasteiger partial charge in [0.2, 0.25) is 11.9 Å². The Bertz CT molecular complexity index is 497. The van der Waals surface area contributed by atoms with Crippen LogP contribution < -0.4 is 5.32 Å². The first-order valence-corrected chi connectivity index (χ1v) is 9.13. The van der Waals surface area contributed by atoms with Crippen LogP contribution in [0.2, 0.25) is 0 Å². The van der Waals surface area contributed by atoms with Gasteiger partial charge in [-0.25, -0.2) is 0 Å². The Morgan fingerprint density at radius 3 is 2.46 bits per heavy atom. The molecule has 2 rings (SSSR count). The number of hydrogen-bond donors (Lipinski definition) is 1. The number of esters is 1. The number of ether oxygens (including phenoxy) is 1. The van der Waals surface area contributed by atoms with Crippen molar-refractivity contribution >= 4 is 11.9 Å². The molecule has 2 aliphatic carbocycles. The zero-order valence-electron chi connectivity index (χ0n) is 15.1. The van der Waals surface area contributed by atoms with Crippen LogP contribution in [0.1, 0.15) is 57.8 Å². The molecule has 8 nitrogen and oxygen atoms in total. The minimum Gasteiger partial charge on any atom is -0.665 e. The number of rotatable bonds is 6. The monoisotopic (exact) mass is 538 g/mol. The fourth-order valence-electron chi connectivity index (χ4n) is 4.03. The van der Waals surface area contributed by atoms with E-state index in [1.165, 1.54) is 7.11 Å². The van der Waals surface area contributed by atoms with Crippen LogP contribution in [-0.2, 0) is 35.4 Å². The minimum atomic E-state index is -0.831. The molecule has 9 heteroatoms. The zero-order chi connectivity index (χ0) is 18.4. The Labute approximate surface area is 168 Å². The van der Waals surface area contributed by atoms with E-state index in [4.69, 9.17) is 5.73 Å². The van der Waals surface area contributed by atoms with E-state index in [9.17, 15) is 19.7 Å². The summed E-state index contributed by atoms with van der Waals surface area (Å²) in [6.45, 7) is 0. The third-order valence-corrected chi connectivity index (χ3v) is 5.56. The number of carbonyl (C=O) groups excluding carboxylic acids is 2. The molecule has 0 aromatic carbocycles. The van der Waals surface area contributed by atoms with E-state index in [1.54, 1.807) is 0 Å². The summed E-state index contributed by atoms with van der Waals surface area (Å²) in [7, 11) is 1.30. The summed E-state index contributed by atoms with van der Waals surface area (Å²) in [5, 5.41) is 14.0. The molecular weight excluding hydrogens is 510 g/mol. The van der Waals surface area contributed by atoms with Crippen LogP contribution in [0.15, 0.2) is 0 Å². The van der Waals surface area contributed by atoms with Crippen LogP contribution in [0.5, 0.6) is 0 Å². The number of nitrogens with one attached hydrogen (secondary N) is 2. The van der Waals surface area contributed by atoms with Crippen molar-refractivity contribution in [1.82, 2.24) is 5.32 Å². The van der Waals surface area contributed by atoms with Crippen molar-refractivity contribution in [3.05, 3.63) is 15.8 Å². The first kappa shape index (κ1) is 23.0. The standard InChI is InChI=1S/C17H28N3O5.W/c1-25-17(22)15(18)9-11-5-7-13(8-6-11)19-16(21)12-3-2-4-14(10-12)20(23)24;/h11-15,18H,2-10H2,1H3,(H,19,21);/q-1;. The molecule has 0 aliphatic heterocycles. The number of amides is 1. The molecule has 2 aliphatic rings. The van der Waals surface area contributed by atoms with Gasteiger partial charge < -0.3 is 15.8 Å². The normalized spacial score (nSPS) is 29.8. The van der Waals surface area contributed by atoms with Crippen LogP contribution in [0.3, 0.4) is 0 Å². The fraction of sp³-hybridized carbons (Fsp3) is 0.882. The SMILES string of the molecule is COC(=O)C([NH-])CC1CCC(NC(=O)C2CCCC([N+](=O)[O-])C2)CC1.[W]. The Kier molecular flexibility index (Phi) is 9.72. The molecule has 0 aromatic heterocycles. The van der Waals surface area contributed by atoms with Gasteiger partial charge in [0.1, 0.15) is 0 Å². The van der Waals surface area contributed by atoms with Crippen LogP contribution in [-0.4, -0.2) is 42.0 Å². The summed E-state index contributed by atoms with van der Waals surface area (Å²) >= 11 is 0.